The van der Waals surface area contributed by atoms with Crippen molar-refractivity contribution in [3.8, 4) is 5.75 Å². The topological polar surface area (TPSA) is 98.5 Å². The van der Waals surface area contributed by atoms with Crippen molar-refractivity contribution in [2.24, 2.45) is 0 Å². The maximum Gasteiger partial charge on any atom is 0.311 e. The van der Waals surface area contributed by atoms with Crippen LogP contribution < -0.4 is 10.1 Å². The summed E-state index contributed by atoms with van der Waals surface area (Å²) in [4.78, 5) is 33.5. The van der Waals surface area contributed by atoms with Crippen LogP contribution >= 0.6 is 15.9 Å². The molecule has 1 N–H and O–H groups in total. The average molecular weight is 407 g/mol. The zero-order chi connectivity index (χ0) is 18.6. The van der Waals surface area contributed by atoms with E-state index in [0.717, 1.165) is 16.1 Å². The minimum absolute atomic E-state index is 0.0822. The van der Waals surface area contributed by atoms with E-state index in [1.54, 1.807) is 6.07 Å². The molecule has 8 heteroatoms. The molecule has 0 saturated heterocycles. The van der Waals surface area contributed by atoms with Crippen LogP contribution in [-0.4, -0.2) is 23.2 Å². The Balaban J connectivity index is 2.16. The first kappa shape index (κ1) is 18.6. The lowest BCUT2D eigenvalue weighted by Gasteiger charge is -2.15. The smallest absolute Gasteiger partial charge is 0.311 e. The van der Waals surface area contributed by atoms with Gasteiger partial charge in [0.2, 0.25) is 0 Å². The molecule has 0 heterocycles. The number of hydrogen-bond donors (Lipinski definition) is 1. The van der Waals surface area contributed by atoms with E-state index in [0.29, 0.717) is 12.0 Å². The van der Waals surface area contributed by atoms with Gasteiger partial charge in [0.15, 0.2) is 11.9 Å². The lowest BCUT2D eigenvalue weighted by molar-refractivity contribution is -0.386. The molecule has 0 bridgehead atoms. The van der Waals surface area contributed by atoms with Gasteiger partial charge in [-0.2, -0.15) is 0 Å². The number of carbonyl (C=O) groups is 2. The third-order valence-electron chi connectivity index (χ3n) is 3.37. The van der Waals surface area contributed by atoms with Gasteiger partial charge in [0.05, 0.1) is 10.6 Å². The fourth-order valence-corrected chi connectivity index (χ4v) is 2.64. The van der Waals surface area contributed by atoms with Crippen molar-refractivity contribution < 1.29 is 19.2 Å². The summed E-state index contributed by atoms with van der Waals surface area (Å²) in [5.74, 6) is -0.542. The van der Waals surface area contributed by atoms with Gasteiger partial charge in [-0.05, 0) is 59.6 Å². The highest BCUT2D eigenvalue weighted by Gasteiger charge is 2.22. The summed E-state index contributed by atoms with van der Waals surface area (Å²) in [6, 6.07) is 9.22. The molecule has 0 spiro atoms. The van der Waals surface area contributed by atoms with Gasteiger partial charge < -0.3 is 10.1 Å². The molecule has 2 rings (SSSR count). The molecule has 0 unspecified atom stereocenters. The summed E-state index contributed by atoms with van der Waals surface area (Å²) in [6.45, 7) is 3.40. The molecule has 25 heavy (non-hydrogen) atoms. The van der Waals surface area contributed by atoms with Gasteiger partial charge in [0, 0.05) is 16.1 Å². The summed E-state index contributed by atoms with van der Waals surface area (Å²) >= 11 is 3.36. The fraction of sp³-hybridized carbons (Fsp3) is 0.176. The number of ether oxygens (including phenoxy) is 1. The largest absolute Gasteiger partial charge is 0.474 e. The Morgan fingerprint density at radius 1 is 1.32 bits per heavy atom. The quantitative estimate of drug-likeness (QED) is 0.445. The number of aldehydes is 1. The minimum atomic E-state index is -0.978. The molecule has 1 atom stereocenters. The van der Waals surface area contributed by atoms with Gasteiger partial charge in [-0.3, -0.25) is 19.7 Å². The number of nitro benzene ring substituents is 1. The van der Waals surface area contributed by atoms with Crippen molar-refractivity contribution in [1.29, 1.82) is 0 Å². The number of rotatable bonds is 6. The van der Waals surface area contributed by atoms with Gasteiger partial charge in [0.1, 0.15) is 6.29 Å². The van der Waals surface area contributed by atoms with E-state index >= 15 is 0 Å². The minimum Gasteiger partial charge on any atom is -0.474 e. The Kier molecular flexibility index (Phi) is 5.87. The van der Waals surface area contributed by atoms with E-state index < -0.39 is 16.9 Å². The monoisotopic (exact) mass is 406 g/mol. The molecule has 0 fully saturated rings. The second kappa shape index (κ2) is 7.89. The molecule has 2 aromatic carbocycles. The number of amides is 1. The summed E-state index contributed by atoms with van der Waals surface area (Å²) in [5.41, 5.74) is 1.37. The molecule has 0 aliphatic heterocycles. The van der Waals surface area contributed by atoms with E-state index in [1.807, 2.05) is 19.1 Å². The molecule has 7 nitrogen and oxygen atoms in total. The Labute approximate surface area is 152 Å². The first-order valence-corrected chi connectivity index (χ1v) is 8.08. The number of benzene rings is 2. The number of nitro groups is 1. The number of aryl methyl sites for hydroxylation is 1. The highest BCUT2D eigenvalue weighted by molar-refractivity contribution is 9.10. The van der Waals surface area contributed by atoms with Gasteiger partial charge in [0.25, 0.3) is 5.91 Å². The molecular formula is C17H15BrN2O5. The predicted molar refractivity (Wildman–Crippen MR) is 96.1 cm³/mol. The van der Waals surface area contributed by atoms with Crippen LogP contribution in [0.2, 0.25) is 0 Å². The van der Waals surface area contributed by atoms with Crippen LogP contribution in [0, 0.1) is 17.0 Å². The zero-order valence-corrected chi connectivity index (χ0v) is 15.1. The lowest BCUT2D eigenvalue weighted by Crippen LogP contribution is -2.30. The number of nitrogens with one attached hydrogen (secondary N) is 1. The number of anilines is 1. The van der Waals surface area contributed by atoms with Crippen LogP contribution in [0.4, 0.5) is 11.4 Å². The van der Waals surface area contributed by atoms with Crippen molar-refractivity contribution in [2.45, 2.75) is 20.0 Å². The molecule has 0 radical (unpaired) electrons. The Morgan fingerprint density at radius 2 is 2.04 bits per heavy atom. The van der Waals surface area contributed by atoms with Crippen molar-refractivity contribution in [3.63, 3.8) is 0 Å². The van der Waals surface area contributed by atoms with Crippen LogP contribution in [-0.2, 0) is 4.79 Å². The number of hydrogen-bond acceptors (Lipinski definition) is 5. The van der Waals surface area contributed by atoms with Gasteiger partial charge in [-0.25, -0.2) is 0 Å². The Hall–Kier alpha value is -2.74. The molecule has 0 aromatic heterocycles. The van der Waals surface area contributed by atoms with Gasteiger partial charge in [-0.1, -0.05) is 6.07 Å². The Morgan fingerprint density at radius 3 is 2.64 bits per heavy atom. The van der Waals surface area contributed by atoms with Gasteiger partial charge >= 0.3 is 5.69 Å². The second-order valence-electron chi connectivity index (χ2n) is 5.33. The van der Waals surface area contributed by atoms with Crippen molar-refractivity contribution in [3.05, 3.63) is 62.1 Å². The predicted octanol–water partition coefficient (Wildman–Crippen LogP) is 3.88. The molecule has 0 saturated carbocycles. The molecular weight excluding hydrogens is 392 g/mol. The highest BCUT2D eigenvalue weighted by Crippen LogP contribution is 2.29. The molecule has 0 aliphatic carbocycles. The summed E-state index contributed by atoms with van der Waals surface area (Å²) in [7, 11) is 0. The van der Waals surface area contributed by atoms with E-state index in [-0.39, 0.29) is 17.0 Å². The SMILES string of the molecule is Cc1ccc(NC(=O)[C@@H](C)Oc2ccc(C=O)cc2[N+](=O)[O-])c(Br)c1. The maximum absolute atomic E-state index is 12.3. The maximum atomic E-state index is 12.3. The van der Waals surface area contributed by atoms with Crippen molar-refractivity contribution in [2.75, 3.05) is 5.32 Å². The van der Waals surface area contributed by atoms with Crippen LogP contribution in [0.25, 0.3) is 0 Å². The average Bonchev–Trinajstić information content (AvgIpc) is 2.57. The van der Waals surface area contributed by atoms with E-state index in [2.05, 4.69) is 21.2 Å². The summed E-state index contributed by atoms with van der Waals surface area (Å²) in [6.07, 6.45) is -0.476. The van der Waals surface area contributed by atoms with Gasteiger partial charge in [-0.15, -0.1) is 0 Å². The molecule has 2 aromatic rings. The van der Waals surface area contributed by atoms with E-state index in [9.17, 15) is 19.7 Å². The summed E-state index contributed by atoms with van der Waals surface area (Å²) < 4.78 is 6.14. The highest BCUT2D eigenvalue weighted by atomic mass is 79.9. The first-order valence-electron chi connectivity index (χ1n) is 7.29. The van der Waals surface area contributed by atoms with Crippen molar-refractivity contribution in [1.82, 2.24) is 0 Å². The number of carbonyl (C=O) groups excluding carboxylic acids is 2. The number of halogens is 1. The van der Waals surface area contributed by atoms with Crippen molar-refractivity contribution >= 4 is 39.5 Å². The van der Waals surface area contributed by atoms with Crippen LogP contribution in [0.5, 0.6) is 5.75 Å². The van der Waals surface area contributed by atoms with E-state index in [1.165, 1.54) is 19.1 Å². The molecule has 130 valence electrons. The lowest BCUT2D eigenvalue weighted by atomic mass is 10.2. The van der Waals surface area contributed by atoms with Crippen LogP contribution in [0.3, 0.4) is 0 Å². The number of nitrogens with zero attached hydrogens (tertiary/aromatic N) is 1. The Bertz CT molecular complexity index is 838. The normalized spacial score (nSPS) is 11.5. The zero-order valence-electron chi connectivity index (χ0n) is 13.5. The third kappa shape index (κ3) is 4.63. The summed E-state index contributed by atoms with van der Waals surface area (Å²) in [5, 5.41) is 13.8. The standard InChI is InChI=1S/C17H15BrN2O5/c1-10-3-5-14(13(18)7-10)19-17(22)11(2)25-16-6-4-12(9-21)8-15(16)20(23)24/h3-9,11H,1-2H3,(H,19,22)/t11-/m1/s1. The van der Waals surface area contributed by atoms with Crippen LogP contribution in [0.1, 0.15) is 22.8 Å². The molecule has 0 aliphatic rings. The first-order chi connectivity index (χ1) is 11.8. The fourth-order valence-electron chi connectivity index (χ4n) is 2.05. The molecule has 1 amide bonds. The van der Waals surface area contributed by atoms with E-state index in [4.69, 9.17) is 4.74 Å². The third-order valence-corrected chi connectivity index (χ3v) is 4.03. The van der Waals surface area contributed by atoms with Crippen LogP contribution in [0.15, 0.2) is 40.9 Å². The second-order valence-corrected chi connectivity index (χ2v) is 6.19.